The van der Waals surface area contributed by atoms with Gasteiger partial charge in [0.25, 0.3) is 0 Å². The number of nitrogen functional groups attached to an aromatic ring is 2. The molecular weight excluding hydrogens is 360 g/mol. The molecule has 0 bridgehead atoms. The average molecular weight is 374 g/mol. The van der Waals surface area contributed by atoms with Gasteiger partial charge in [-0.3, -0.25) is 0 Å². The van der Waals surface area contributed by atoms with Crippen LogP contribution in [0.4, 0.5) is 11.6 Å². The highest BCUT2D eigenvalue weighted by Gasteiger charge is 2.17. The molecule has 5 rings (SSSR count). The Labute approximate surface area is 157 Å². The van der Waals surface area contributed by atoms with Crippen molar-refractivity contribution in [3.05, 3.63) is 60.7 Å². The molecule has 26 heavy (non-hydrogen) atoms. The molecule has 0 saturated heterocycles. The van der Waals surface area contributed by atoms with Crippen LogP contribution < -0.4 is 11.5 Å². The number of anilines is 2. The topological polar surface area (TPSA) is 77.8 Å². The number of thiophene rings is 2. The van der Waals surface area contributed by atoms with Crippen molar-refractivity contribution in [3.63, 3.8) is 0 Å². The molecule has 3 aromatic heterocycles. The van der Waals surface area contributed by atoms with Gasteiger partial charge in [-0.2, -0.15) is 0 Å². The third-order valence-corrected chi connectivity index (χ3v) is 6.53. The van der Waals surface area contributed by atoms with E-state index in [1.54, 1.807) is 22.7 Å². The van der Waals surface area contributed by atoms with Crippen LogP contribution in [0.15, 0.2) is 60.7 Å². The molecule has 0 aliphatic heterocycles. The highest BCUT2D eigenvalue weighted by Crippen LogP contribution is 2.41. The minimum atomic E-state index is 0.235. The number of rotatable bonds is 2. The Bertz CT molecular complexity index is 1110. The molecule has 0 spiro atoms. The molecule has 6 heteroatoms. The molecule has 0 unspecified atom stereocenters. The van der Waals surface area contributed by atoms with E-state index in [2.05, 4.69) is 46.4 Å². The van der Waals surface area contributed by atoms with Gasteiger partial charge in [0, 0.05) is 9.40 Å². The van der Waals surface area contributed by atoms with Crippen LogP contribution in [-0.2, 0) is 0 Å². The van der Waals surface area contributed by atoms with Crippen LogP contribution in [0.1, 0.15) is 0 Å². The molecule has 4 N–H and O–H groups in total. The molecule has 0 atom stereocenters. The second-order valence-corrected chi connectivity index (χ2v) is 8.16. The molecule has 0 aliphatic rings. The Kier molecular flexibility index (Phi) is 3.41. The van der Waals surface area contributed by atoms with Crippen LogP contribution >= 0.6 is 22.7 Å². The fourth-order valence-electron chi connectivity index (χ4n) is 3.06. The van der Waals surface area contributed by atoms with E-state index in [0.717, 1.165) is 9.75 Å². The minimum absolute atomic E-state index is 0.235. The maximum Gasteiger partial charge on any atom is 0.221 e. The van der Waals surface area contributed by atoms with Gasteiger partial charge in [0.15, 0.2) is 0 Å². The van der Waals surface area contributed by atoms with Gasteiger partial charge in [-0.1, -0.05) is 36.4 Å². The Hall–Kier alpha value is -2.96. The first kappa shape index (κ1) is 15.3. The van der Waals surface area contributed by atoms with Crippen molar-refractivity contribution in [1.29, 1.82) is 0 Å². The first-order valence-corrected chi connectivity index (χ1v) is 9.73. The van der Waals surface area contributed by atoms with E-state index >= 15 is 0 Å². The number of hydrogen-bond acceptors (Lipinski definition) is 6. The second-order valence-electron chi connectivity index (χ2n) is 5.99. The summed E-state index contributed by atoms with van der Waals surface area (Å²) >= 11 is 3.32. The van der Waals surface area contributed by atoms with Crippen LogP contribution in [0.3, 0.4) is 0 Å². The fourth-order valence-corrected chi connectivity index (χ4v) is 5.19. The van der Waals surface area contributed by atoms with Gasteiger partial charge in [-0.15, -0.1) is 22.7 Å². The van der Waals surface area contributed by atoms with Crippen LogP contribution in [0.5, 0.6) is 0 Å². The number of benzene rings is 2. The Morgan fingerprint density at radius 3 is 1.58 bits per heavy atom. The number of hydrogen-bond donors (Lipinski definition) is 2. The molecule has 0 fully saturated rings. The van der Waals surface area contributed by atoms with Crippen molar-refractivity contribution in [1.82, 2.24) is 9.97 Å². The summed E-state index contributed by atoms with van der Waals surface area (Å²) in [5.74, 6) is 0.235. The maximum atomic E-state index is 6.49. The van der Waals surface area contributed by atoms with Crippen molar-refractivity contribution >= 4 is 54.5 Å². The van der Waals surface area contributed by atoms with Crippen LogP contribution in [0, 0.1) is 0 Å². The van der Waals surface area contributed by atoms with E-state index < -0.39 is 0 Å². The van der Waals surface area contributed by atoms with Crippen LogP contribution in [0.2, 0.25) is 0 Å². The molecular formula is C20H14N4S2. The SMILES string of the molecule is Nc1nc(-c2cc3ccccc3s2)c(N)c(-c2cc3ccccc3s2)n1. The summed E-state index contributed by atoms with van der Waals surface area (Å²) in [5, 5.41) is 2.35. The predicted molar refractivity (Wildman–Crippen MR) is 112 cm³/mol. The molecule has 2 aromatic carbocycles. The van der Waals surface area contributed by atoms with Gasteiger partial charge < -0.3 is 11.5 Å². The number of nitrogens with zero attached hydrogens (tertiary/aromatic N) is 2. The quantitative estimate of drug-likeness (QED) is 0.433. The summed E-state index contributed by atoms with van der Waals surface area (Å²) in [5.41, 5.74) is 14.5. The summed E-state index contributed by atoms with van der Waals surface area (Å²) in [6.45, 7) is 0. The monoisotopic (exact) mass is 374 g/mol. The van der Waals surface area contributed by atoms with E-state index in [-0.39, 0.29) is 5.95 Å². The van der Waals surface area contributed by atoms with Crippen molar-refractivity contribution < 1.29 is 0 Å². The fraction of sp³-hybridized carbons (Fsp3) is 0. The zero-order valence-corrected chi connectivity index (χ0v) is 15.3. The highest BCUT2D eigenvalue weighted by atomic mass is 32.1. The zero-order chi connectivity index (χ0) is 17.7. The predicted octanol–water partition coefficient (Wildman–Crippen LogP) is 5.40. The molecule has 3 heterocycles. The largest absolute Gasteiger partial charge is 0.395 e. The van der Waals surface area contributed by atoms with Gasteiger partial charge in [0.05, 0.1) is 15.4 Å². The molecule has 5 aromatic rings. The summed E-state index contributed by atoms with van der Waals surface area (Å²) in [6, 6.07) is 20.7. The molecule has 0 amide bonds. The van der Waals surface area contributed by atoms with Crippen molar-refractivity contribution in [3.8, 4) is 21.1 Å². The van der Waals surface area contributed by atoms with E-state index in [1.807, 2.05) is 24.3 Å². The van der Waals surface area contributed by atoms with Gasteiger partial charge in [-0.25, -0.2) is 9.97 Å². The average Bonchev–Trinajstić information content (AvgIpc) is 3.26. The van der Waals surface area contributed by atoms with Gasteiger partial charge in [-0.05, 0) is 35.0 Å². The van der Waals surface area contributed by atoms with Crippen molar-refractivity contribution in [2.45, 2.75) is 0 Å². The highest BCUT2D eigenvalue weighted by molar-refractivity contribution is 7.22. The van der Waals surface area contributed by atoms with Crippen molar-refractivity contribution in [2.75, 3.05) is 11.5 Å². The minimum Gasteiger partial charge on any atom is -0.395 e. The third-order valence-electron chi connectivity index (χ3n) is 4.28. The van der Waals surface area contributed by atoms with Crippen LogP contribution in [-0.4, -0.2) is 9.97 Å². The first-order chi connectivity index (χ1) is 12.7. The van der Waals surface area contributed by atoms with Gasteiger partial charge in [0.2, 0.25) is 5.95 Å². The Morgan fingerprint density at radius 2 is 1.12 bits per heavy atom. The smallest absolute Gasteiger partial charge is 0.221 e. The van der Waals surface area contributed by atoms with Crippen molar-refractivity contribution in [2.24, 2.45) is 0 Å². The lowest BCUT2D eigenvalue weighted by atomic mass is 10.1. The molecule has 0 aliphatic carbocycles. The van der Waals surface area contributed by atoms with E-state index in [4.69, 9.17) is 11.5 Å². The molecule has 126 valence electrons. The molecule has 0 saturated carbocycles. The van der Waals surface area contributed by atoms with Gasteiger partial charge in [0.1, 0.15) is 11.4 Å². The number of aromatic nitrogens is 2. The zero-order valence-electron chi connectivity index (χ0n) is 13.6. The standard InChI is InChI=1S/C20H14N4S2/c21-17-18(15-9-11-5-1-3-7-13(11)25-15)23-20(22)24-19(17)16-10-12-6-2-4-8-14(12)26-16/h1-10H,21H2,(H2,22,23,24). The normalized spacial score (nSPS) is 11.4. The first-order valence-electron chi connectivity index (χ1n) is 8.10. The van der Waals surface area contributed by atoms with Crippen LogP contribution in [0.25, 0.3) is 41.3 Å². The summed E-state index contributed by atoms with van der Waals surface area (Å²) in [4.78, 5) is 10.9. The Morgan fingerprint density at radius 1 is 0.654 bits per heavy atom. The summed E-state index contributed by atoms with van der Waals surface area (Å²) in [7, 11) is 0. The summed E-state index contributed by atoms with van der Waals surface area (Å²) in [6.07, 6.45) is 0. The number of nitrogens with two attached hydrogens (primary N) is 2. The van der Waals surface area contributed by atoms with Gasteiger partial charge >= 0.3 is 0 Å². The summed E-state index contributed by atoms with van der Waals surface area (Å²) < 4.78 is 2.39. The Balaban J connectivity index is 1.72. The second kappa shape index (κ2) is 5.79. The number of fused-ring (bicyclic) bond motifs is 2. The van der Waals surface area contributed by atoms with E-state index in [9.17, 15) is 0 Å². The lowest BCUT2D eigenvalue weighted by molar-refractivity contribution is 1.21. The molecule has 0 radical (unpaired) electrons. The lowest BCUT2D eigenvalue weighted by Crippen LogP contribution is -2.03. The van der Waals surface area contributed by atoms with E-state index in [0.29, 0.717) is 17.1 Å². The third kappa shape index (κ3) is 2.42. The van der Waals surface area contributed by atoms with E-state index in [1.165, 1.54) is 20.2 Å². The lowest BCUT2D eigenvalue weighted by Gasteiger charge is -2.08. The molecule has 4 nitrogen and oxygen atoms in total. The maximum absolute atomic E-state index is 6.49.